The maximum Gasteiger partial charge on any atom is 0.162 e. The minimum atomic E-state index is -3.27. The molecular weight excluding hydrogens is 351 g/mol. The zero-order valence-electron chi connectivity index (χ0n) is 7.89. The third-order valence-corrected chi connectivity index (χ3v) is 6.61. The van der Waals surface area contributed by atoms with E-state index in [0.29, 0.717) is 10.6 Å². The first-order valence-electron chi connectivity index (χ1n) is 4.09. The molecule has 0 unspecified atom stereocenters. The minimum absolute atomic E-state index is 0.476. The van der Waals surface area contributed by atoms with Crippen molar-refractivity contribution in [3.8, 4) is 0 Å². The lowest BCUT2D eigenvalue weighted by Gasteiger charge is -2.16. The second-order valence-corrected chi connectivity index (χ2v) is 7.97. The van der Waals surface area contributed by atoms with Gasteiger partial charge in [0.25, 0.3) is 0 Å². The molecule has 0 aliphatic heterocycles. The molecule has 0 fully saturated rings. The molecular formula is C9H10ClIO3S. The van der Waals surface area contributed by atoms with Gasteiger partial charge >= 0.3 is 0 Å². The van der Waals surface area contributed by atoms with Gasteiger partial charge in [0.05, 0.1) is 0 Å². The second kappa shape index (κ2) is 4.99. The number of benzene rings is 1. The minimum Gasteiger partial charge on any atom is -0.386 e. The van der Waals surface area contributed by atoms with Gasteiger partial charge in [0.1, 0.15) is 9.36 Å². The first-order chi connectivity index (χ1) is 6.82. The molecule has 0 spiro atoms. The van der Waals surface area contributed by atoms with Crippen molar-refractivity contribution in [2.45, 2.75) is 9.36 Å². The summed E-state index contributed by atoms with van der Waals surface area (Å²) in [5.41, 5.74) is 0.507. The highest BCUT2D eigenvalue weighted by Crippen LogP contribution is 2.27. The van der Waals surface area contributed by atoms with Crippen molar-refractivity contribution < 1.29 is 13.5 Å². The Bertz CT molecular complexity index is 446. The Kier molecular flexibility index (Phi) is 4.39. The van der Waals surface area contributed by atoms with E-state index in [9.17, 15) is 13.5 Å². The van der Waals surface area contributed by atoms with Crippen LogP contribution in [-0.4, -0.2) is 23.0 Å². The molecule has 1 aromatic rings. The fraction of sp³-hybridized carbons (Fsp3) is 0.333. The highest BCUT2D eigenvalue weighted by Gasteiger charge is 2.27. The summed E-state index contributed by atoms with van der Waals surface area (Å²) in [5, 5.41) is 10.3. The molecule has 2 atom stereocenters. The molecule has 0 heterocycles. The van der Waals surface area contributed by atoms with E-state index in [1.54, 1.807) is 46.9 Å². The molecule has 0 radical (unpaired) electrons. The SMILES string of the molecule is CS(=O)(=O)[C@@H](I)[C@@H](O)c1cccc(Cl)c1. The van der Waals surface area contributed by atoms with Crippen LogP contribution >= 0.6 is 34.2 Å². The summed E-state index contributed by atoms with van der Waals surface area (Å²) in [5.74, 6) is 0. The van der Waals surface area contributed by atoms with Gasteiger partial charge in [-0.05, 0) is 17.7 Å². The summed E-state index contributed by atoms with van der Waals surface area (Å²) < 4.78 is 21.6. The molecule has 1 N–H and O–H groups in total. The van der Waals surface area contributed by atoms with E-state index in [1.807, 2.05) is 0 Å². The topological polar surface area (TPSA) is 54.4 Å². The van der Waals surface area contributed by atoms with Crippen molar-refractivity contribution in [1.82, 2.24) is 0 Å². The summed E-state index contributed by atoms with van der Waals surface area (Å²) in [6.07, 6.45) is 0.0389. The van der Waals surface area contributed by atoms with Crippen LogP contribution in [0.1, 0.15) is 11.7 Å². The Morgan fingerprint density at radius 3 is 2.53 bits per heavy atom. The van der Waals surface area contributed by atoms with Crippen molar-refractivity contribution in [2.24, 2.45) is 0 Å². The number of sulfone groups is 1. The summed E-state index contributed by atoms with van der Waals surface area (Å²) in [6.45, 7) is 0. The molecule has 3 nitrogen and oxygen atoms in total. The molecule has 0 saturated carbocycles. The van der Waals surface area contributed by atoms with Gasteiger partial charge in [0.15, 0.2) is 9.84 Å². The highest BCUT2D eigenvalue weighted by molar-refractivity contribution is 14.1. The standard InChI is InChI=1S/C9H10ClIO3S/c1-15(13,14)9(11)8(12)6-3-2-4-7(10)5-6/h2-5,8-9,12H,1H3/t8-,9+/m0/s1. The molecule has 0 bridgehead atoms. The van der Waals surface area contributed by atoms with E-state index in [0.717, 1.165) is 6.26 Å². The van der Waals surface area contributed by atoms with Gasteiger partial charge < -0.3 is 5.11 Å². The van der Waals surface area contributed by atoms with Crippen LogP contribution in [0.15, 0.2) is 24.3 Å². The van der Waals surface area contributed by atoms with Crippen molar-refractivity contribution in [1.29, 1.82) is 0 Å². The zero-order valence-corrected chi connectivity index (χ0v) is 11.6. The van der Waals surface area contributed by atoms with Crippen molar-refractivity contribution in [3.05, 3.63) is 34.9 Å². The molecule has 6 heteroatoms. The van der Waals surface area contributed by atoms with Crippen LogP contribution in [-0.2, 0) is 9.84 Å². The zero-order chi connectivity index (χ0) is 11.6. The third kappa shape index (κ3) is 3.58. The van der Waals surface area contributed by atoms with E-state index >= 15 is 0 Å². The van der Waals surface area contributed by atoms with Crippen molar-refractivity contribution >= 4 is 44.0 Å². The summed E-state index contributed by atoms with van der Waals surface area (Å²) in [7, 11) is -3.27. The van der Waals surface area contributed by atoms with Gasteiger partial charge in [0, 0.05) is 11.3 Å². The number of alkyl halides is 1. The second-order valence-electron chi connectivity index (χ2n) is 3.18. The van der Waals surface area contributed by atoms with E-state index in [4.69, 9.17) is 11.6 Å². The van der Waals surface area contributed by atoms with Crippen LogP contribution < -0.4 is 0 Å². The average Bonchev–Trinajstić information content (AvgIpc) is 2.14. The first kappa shape index (κ1) is 13.2. The Hall–Kier alpha value is 0.150. The quantitative estimate of drug-likeness (QED) is 0.664. The smallest absolute Gasteiger partial charge is 0.162 e. The lowest BCUT2D eigenvalue weighted by molar-refractivity contribution is 0.197. The Labute approximate surface area is 108 Å². The third-order valence-electron chi connectivity index (χ3n) is 1.85. The van der Waals surface area contributed by atoms with E-state index < -0.39 is 19.2 Å². The number of hydrogen-bond donors (Lipinski definition) is 1. The van der Waals surface area contributed by atoms with Gasteiger partial charge in [-0.25, -0.2) is 8.42 Å². The van der Waals surface area contributed by atoms with Gasteiger partial charge in [-0.1, -0.05) is 46.3 Å². The Morgan fingerprint density at radius 2 is 2.07 bits per heavy atom. The van der Waals surface area contributed by atoms with E-state index in [-0.39, 0.29) is 0 Å². The number of rotatable bonds is 3. The molecule has 0 amide bonds. The highest BCUT2D eigenvalue weighted by atomic mass is 127. The lowest BCUT2D eigenvalue weighted by atomic mass is 10.1. The molecule has 15 heavy (non-hydrogen) atoms. The fourth-order valence-electron chi connectivity index (χ4n) is 1.08. The van der Waals surface area contributed by atoms with E-state index in [1.165, 1.54) is 0 Å². The van der Waals surface area contributed by atoms with Crippen molar-refractivity contribution in [2.75, 3.05) is 6.26 Å². The van der Waals surface area contributed by atoms with Gasteiger partial charge in [-0.3, -0.25) is 0 Å². The maximum atomic E-state index is 11.2. The number of halogens is 2. The van der Waals surface area contributed by atoms with Gasteiger partial charge in [0.2, 0.25) is 0 Å². The molecule has 1 aromatic carbocycles. The molecule has 0 aliphatic carbocycles. The van der Waals surface area contributed by atoms with Crippen LogP contribution in [0.3, 0.4) is 0 Å². The average molecular weight is 361 g/mol. The largest absolute Gasteiger partial charge is 0.386 e. The number of hydrogen-bond acceptors (Lipinski definition) is 3. The molecule has 0 aliphatic rings. The summed E-state index contributed by atoms with van der Waals surface area (Å²) >= 11 is 7.45. The lowest BCUT2D eigenvalue weighted by Crippen LogP contribution is -2.21. The van der Waals surface area contributed by atoms with E-state index in [2.05, 4.69) is 0 Å². The molecule has 1 rings (SSSR count). The number of aliphatic hydroxyl groups excluding tert-OH is 1. The van der Waals surface area contributed by atoms with Gasteiger partial charge in [-0.15, -0.1) is 0 Å². The summed E-state index contributed by atoms with van der Waals surface area (Å²) in [4.78, 5) is 0. The fourth-order valence-corrected chi connectivity index (χ4v) is 2.32. The molecule has 84 valence electrons. The number of aliphatic hydroxyl groups is 1. The van der Waals surface area contributed by atoms with Crippen LogP contribution in [0.4, 0.5) is 0 Å². The first-order valence-corrected chi connectivity index (χ1v) is 7.66. The Morgan fingerprint density at radius 1 is 1.47 bits per heavy atom. The van der Waals surface area contributed by atoms with Crippen LogP contribution in [0, 0.1) is 0 Å². The Balaban J connectivity index is 3.00. The van der Waals surface area contributed by atoms with Crippen LogP contribution in [0.5, 0.6) is 0 Å². The van der Waals surface area contributed by atoms with Crippen LogP contribution in [0.2, 0.25) is 5.02 Å². The van der Waals surface area contributed by atoms with Gasteiger partial charge in [-0.2, -0.15) is 0 Å². The monoisotopic (exact) mass is 360 g/mol. The summed E-state index contributed by atoms with van der Waals surface area (Å²) in [6, 6.07) is 6.55. The predicted octanol–water partition coefficient (Wildman–Crippen LogP) is 2.18. The molecule has 0 aromatic heterocycles. The maximum absolute atomic E-state index is 11.2. The molecule has 0 saturated heterocycles. The van der Waals surface area contributed by atoms with Crippen LogP contribution in [0.25, 0.3) is 0 Å². The van der Waals surface area contributed by atoms with Crippen molar-refractivity contribution in [3.63, 3.8) is 0 Å². The predicted molar refractivity (Wildman–Crippen MR) is 69.1 cm³/mol. The normalized spacial score (nSPS) is 16.0.